The van der Waals surface area contributed by atoms with Gasteiger partial charge in [-0.2, -0.15) is 0 Å². The van der Waals surface area contributed by atoms with E-state index >= 15 is 0 Å². The fourth-order valence-electron chi connectivity index (χ4n) is 2.64. The first-order chi connectivity index (χ1) is 12.3. The largest absolute Gasteiger partial charge is 0.465 e. The number of carbonyl (C=O) groups is 2. The lowest BCUT2D eigenvalue weighted by atomic mass is 9.97. The van der Waals surface area contributed by atoms with Crippen LogP contribution in [0.15, 0.2) is 0 Å². The number of hydrogen-bond acceptors (Lipinski definition) is 4. The van der Waals surface area contributed by atoms with Gasteiger partial charge in [0.15, 0.2) is 0 Å². The fraction of sp³-hybridized carbons (Fsp3) is 0.909. The average Bonchev–Trinajstić information content (AvgIpc) is 2.58. The molecule has 1 atom stereocenters. The number of hydrogen-bond donors (Lipinski definition) is 0. The molecule has 0 aliphatic heterocycles. The summed E-state index contributed by atoms with van der Waals surface area (Å²) in [7, 11) is 0. The lowest BCUT2D eigenvalue weighted by molar-refractivity contribution is -0.145. The molecular weight excluding hydrogens is 328 g/mol. The van der Waals surface area contributed by atoms with Gasteiger partial charge in [-0.3, -0.25) is 9.59 Å². The third kappa shape index (κ3) is 17.8. The first-order valence-electron chi connectivity index (χ1n) is 10.6. The molecule has 0 fully saturated rings. The van der Waals surface area contributed by atoms with E-state index < -0.39 is 0 Å². The van der Waals surface area contributed by atoms with Crippen molar-refractivity contribution in [2.75, 3.05) is 13.2 Å². The second kappa shape index (κ2) is 16.1. The molecule has 0 radical (unpaired) electrons. The van der Waals surface area contributed by atoms with Crippen molar-refractivity contribution in [3.8, 4) is 0 Å². The highest BCUT2D eigenvalue weighted by molar-refractivity contribution is 5.69. The monoisotopic (exact) mass is 370 g/mol. The van der Waals surface area contributed by atoms with E-state index in [2.05, 4.69) is 20.8 Å². The minimum absolute atomic E-state index is 0.0561. The van der Waals surface area contributed by atoms with Crippen molar-refractivity contribution >= 4 is 11.9 Å². The summed E-state index contributed by atoms with van der Waals surface area (Å²) in [5, 5.41) is 0. The molecule has 0 aromatic heterocycles. The van der Waals surface area contributed by atoms with Crippen LogP contribution in [0.25, 0.3) is 0 Å². The maximum Gasteiger partial charge on any atom is 0.305 e. The molecule has 0 aliphatic carbocycles. The van der Waals surface area contributed by atoms with Crippen LogP contribution in [0, 0.1) is 17.8 Å². The zero-order valence-corrected chi connectivity index (χ0v) is 17.9. The highest BCUT2D eigenvalue weighted by Gasteiger charge is 2.09. The van der Waals surface area contributed by atoms with Crippen LogP contribution in [0.3, 0.4) is 0 Å². The molecule has 26 heavy (non-hydrogen) atoms. The summed E-state index contributed by atoms with van der Waals surface area (Å²) in [6, 6.07) is 0. The van der Waals surface area contributed by atoms with E-state index in [1.54, 1.807) is 0 Å². The maximum atomic E-state index is 11.6. The van der Waals surface area contributed by atoms with Gasteiger partial charge in [-0.1, -0.05) is 73.1 Å². The van der Waals surface area contributed by atoms with E-state index in [4.69, 9.17) is 9.47 Å². The second-order valence-corrected chi connectivity index (χ2v) is 8.46. The highest BCUT2D eigenvalue weighted by atomic mass is 16.5. The highest BCUT2D eigenvalue weighted by Crippen LogP contribution is 2.17. The van der Waals surface area contributed by atoms with Crippen LogP contribution in [-0.2, 0) is 19.1 Å². The van der Waals surface area contributed by atoms with Crippen LogP contribution >= 0.6 is 0 Å². The summed E-state index contributed by atoms with van der Waals surface area (Å²) in [4.78, 5) is 23.1. The van der Waals surface area contributed by atoms with Gasteiger partial charge in [0.2, 0.25) is 0 Å². The van der Waals surface area contributed by atoms with Crippen LogP contribution in [0.4, 0.5) is 0 Å². The van der Waals surface area contributed by atoms with E-state index in [1.807, 2.05) is 13.8 Å². The van der Waals surface area contributed by atoms with Gasteiger partial charge in [-0.05, 0) is 30.6 Å². The summed E-state index contributed by atoms with van der Waals surface area (Å²) in [5.41, 5.74) is 0. The zero-order chi connectivity index (χ0) is 19.8. The topological polar surface area (TPSA) is 52.6 Å². The summed E-state index contributed by atoms with van der Waals surface area (Å²) in [5.74, 6) is 1.28. The summed E-state index contributed by atoms with van der Waals surface area (Å²) < 4.78 is 10.4. The SMILES string of the molecule is CC(C)COC(=O)CCCCCCCCC(C)CCC(=O)OCC(C)C. The molecule has 0 aromatic carbocycles. The van der Waals surface area contributed by atoms with Crippen molar-refractivity contribution in [1.29, 1.82) is 0 Å². The molecule has 4 heteroatoms. The molecule has 0 heterocycles. The third-order valence-corrected chi connectivity index (χ3v) is 4.32. The summed E-state index contributed by atoms with van der Waals surface area (Å²) >= 11 is 0. The molecule has 154 valence electrons. The standard InChI is InChI=1S/C22H42O4/c1-18(2)16-25-21(23)13-11-9-7-6-8-10-12-20(5)14-15-22(24)26-17-19(3)4/h18-20H,6-17H2,1-5H3. The number of rotatable bonds is 16. The molecular formula is C22H42O4. The van der Waals surface area contributed by atoms with E-state index in [-0.39, 0.29) is 11.9 Å². The Morgan fingerprint density at radius 3 is 1.62 bits per heavy atom. The Morgan fingerprint density at radius 1 is 0.615 bits per heavy atom. The molecule has 0 saturated heterocycles. The first kappa shape index (κ1) is 24.9. The van der Waals surface area contributed by atoms with Gasteiger partial charge in [0.05, 0.1) is 13.2 Å². The van der Waals surface area contributed by atoms with Crippen LogP contribution in [0.5, 0.6) is 0 Å². The Bertz CT molecular complexity index is 363. The van der Waals surface area contributed by atoms with Crippen molar-refractivity contribution in [2.45, 2.75) is 98.8 Å². The zero-order valence-electron chi connectivity index (χ0n) is 17.9. The molecule has 0 amide bonds. The summed E-state index contributed by atoms with van der Waals surface area (Å²) in [6.45, 7) is 11.5. The van der Waals surface area contributed by atoms with Crippen LogP contribution in [0.1, 0.15) is 98.8 Å². The van der Waals surface area contributed by atoms with E-state index in [9.17, 15) is 9.59 Å². The van der Waals surface area contributed by atoms with E-state index in [1.165, 1.54) is 32.1 Å². The van der Waals surface area contributed by atoms with Gasteiger partial charge in [-0.25, -0.2) is 0 Å². The molecule has 0 spiro atoms. The fourth-order valence-corrected chi connectivity index (χ4v) is 2.64. The Morgan fingerprint density at radius 2 is 1.08 bits per heavy atom. The molecule has 1 unspecified atom stereocenters. The Labute approximate surface area is 161 Å². The van der Waals surface area contributed by atoms with E-state index in [0.29, 0.717) is 43.8 Å². The smallest absolute Gasteiger partial charge is 0.305 e. The third-order valence-electron chi connectivity index (χ3n) is 4.32. The van der Waals surface area contributed by atoms with Crippen molar-refractivity contribution in [1.82, 2.24) is 0 Å². The molecule has 0 aromatic rings. The average molecular weight is 371 g/mol. The number of unbranched alkanes of at least 4 members (excludes halogenated alkanes) is 5. The minimum Gasteiger partial charge on any atom is -0.465 e. The molecule has 0 rings (SSSR count). The van der Waals surface area contributed by atoms with Crippen LogP contribution in [-0.4, -0.2) is 25.2 Å². The Balaban J connectivity index is 3.41. The van der Waals surface area contributed by atoms with Gasteiger partial charge < -0.3 is 9.47 Å². The van der Waals surface area contributed by atoms with Crippen molar-refractivity contribution < 1.29 is 19.1 Å². The van der Waals surface area contributed by atoms with Crippen molar-refractivity contribution in [2.24, 2.45) is 17.8 Å². The van der Waals surface area contributed by atoms with Gasteiger partial charge in [0.1, 0.15) is 0 Å². The normalized spacial score (nSPS) is 12.4. The molecule has 4 nitrogen and oxygen atoms in total. The number of esters is 2. The van der Waals surface area contributed by atoms with Gasteiger partial charge >= 0.3 is 11.9 Å². The predicted molar refractivity (Wildman–Crippen MR) is 107 cm³/mol. The van der Waals surface area contributed by atoms with Gasteiger partial charge in [0.25, 0.3) is 0 Å². The minimum atomic E-state index is -0.0579. The first-order valence-corrected chi connectivity index (χ1v) is 10.6. The molecule has 0 N–H and O–H groups in total. The Hall–Kier alpha value is -1.06. The van der Waals surface area contributed by atoms with E-state index in [0.717, 1.165) is 19.3 Å². The quantitative estimate of drug-likeness (QED) is 0.250. The maximum absolute atomic E-state index is 11.6. The molecule has 0 saturated carbocycles. The molecule has 0 aliphatic rings. The number of ether oxygens (including phenoxy) is 2. The lowest BCUT2D eigenvalue weighted by Crippen LogP contribution is -2.11. The van der Waals surface area contributed by atoms with Crippen LogP contribution < -0.4 is 0 Å². The Kier molecular flexibility index (Phi) is 15.5. The number of carbonyl (C=O) groups excluding carboxylic acids is 2. The van der Waals surface area contributed by atoms with Gasteiger partial charge in [-0.15, -0.1) is 0 Å². The van der Waals surface area contributed by atoms with Crippen LogP contribution in [0.2, 0.25) is 0 Å². The van der Waals surface area contributed by atoms with Crippen molar-refractivity contribution in [3.05, 3.63) is 0 Å². The lowest BCUT2D eigenvalue weighted by Gasteiger charge is -2.11. The molecule has 0 bridgehead atoms. The van der Waals surface area contributed by atoms with Gasteiger partial charge in [0, 0.05) is 12.8 Å². The van der Waals surface area contributed by atoms with Crippen molar-refractivity contribution in [3.63, 3.8) is 0 Å². The predicted octanol–water partition coefficient (Wildman–Crippen LogP) is 5.92. The summed E-state index contributed by atoms with van der Waals surface area (Å²) in [6.07, 6.45) is 10.1. The second-order valence-electron chi connectivity index (χ2n) is 8.46.